The second kappa shape index (κ2) is 11.4. The Morgan fingerprint density at radius 3 is 2.49 bits per heavy atom. The molecule has 0 radical (unpaired) electrons. The lowest BCUT2D eigenvalue weighted by molar-refractivity contribution is 0.0970. The number of ether oxygens (including phenoxy) is 4. The van der Waals surface area contributed by atoms with Crippen molar-refractivity contribution in [2.24, 2.45) is 0 Å². The summed E-state index contributed by atoms with van der Waals surface area (Å²) in [5.74, 6) is 0.749. The molecule has 0 fully saturated rings. The molecule has 10 heteroatoms. The van der Waals surface area contributed by atoms with Gasteiger partial charge in [-0.3, -0.25) is 4.79 Å². The molecule has 0 amide bonds. The van der Waals surface area contributed by atoms with E-state index in [1.165, 1.54) is 39.5 Å². The number of benzene rings is 3. The van der Waals surface area contributed by atoms with E-state index in [1.54, 1.807) is 36.5 Å². The quantitative estimate of drug-likeness (QED) is 0.224. The number of Topliss-reactive ketones (excluding diaryl/α,β-unsaturated/α-hetero) is 1. The molecule has 8 nitrogen and oxygen atoms in total. The SMILES string of the molecule is COc1cc(NC(C(=O)c2c[nH]c3cc(OC)c(Cl)cc23)c2ccc(F)cc2OC)cc(OCCO)c1. The molecule has 1 atom stereocenters. The number of nitrogens with one attached hydrogen (secondary N) is 2. The van der Waals surface area contributed by atoms with Crippen molar-refractivity contribution in [3.8, 4) is 23.0 Å². The molecule has 0 aliphatic carbocycles. The summed E-state index contributed by atoms with van der Waals surface area (Å²) < 4.78 is 35.6. The molecule has 3 N–H and O–H groups in total. The van der Waals surface area contributed by atoms with Crippen LogP contribution in [0.15, 0.2) is 54.7 Å². The maximum absolute atomic E-state index is 14.1. The Kier molecular flexibility index (Phi) is 8.05. The number of carbonyl (C=O) groups is 1. The van der Waals surface area contributed by atoms with Crippen LogP contribution in [0.25, 0.3) is 10.9 Å². The molecule has 1 heterocycles. The first kappa shape index (κ1) is 26.1. The van der Waals surface area contributed by atoms with Crippen molar-refractivity contribution in [3.05, 3.63) is 76.7 Å². The Balaban J connectivity index is 1.82. The molecule has 194 valence electrons. The van der Waals surface area contributed by atoms with Crippen LogP contribution in [-0.2, 0) is 0 Å². The van der Waals surface area contributed by atoms with Crippen molar-refractivity contribution >= 4 is 34.0 Å². The molecule has 4 rings (SSSR count). The zero-order valence-electron chi connectivity index (χ0n) is 20.4. The molecular formula is C27H26ClFN2O6. The number of rotatable bonds is 11. The van der Waals surface area contributed by atoms with Gasteiger partial charge in [0.25, 0.3) is 0 Å². The fraction of sp³-hybridized carbons (Fsp3) is 0.222. The second-order valence-electron chi connectivity index (χ2n) is 8.03. The van der Waals surface area contributed by atoms with Crippen molar-refractivity contribution in [2.75, 3.05) is 39.9 Å². The summed E-state index contributed by atoms with van der Waals surface area (Å²) in [5.41, 5.74) is 1.94. The molecule has 3 aromatic carbocycles. The van der Waals surface area contributed by atoms with Crippen LogP contribution in [0.1, 0.15) is 22.0 Å². The highest BCUT2D eigenvalue weighted by molar-refractivity contribution is 6.33. The molecule has 0 aliphatic rings. The highest BCUT2D eigenvalue weighted by Crippen LogP contribution is 2.37. The molecule has 37 heavy (non-hydrogen) atoms. The number of hydrogen-bond acceptors (Lipinski definition) is 7. The van der Waals surface area contributed by atoms with E-state index in [1.807, 2.05) is 0 Å². The maximum Gasteiger partial charge on any atom is 0.191 e. The van der Waals surface area contributed by atoms with Crippen LogP contribution >= 0.6 is 11.6 Å². The lowest BCUT2D eigenvalue weighted by Crippen LogP contribution is -2.22. The van der Waals surface area contributed by atoms with Crippen molar-refractivity contribution in [1.82, 2.24) is 4.98 Å². The summed E-state index contributed by atoms with van der Waals surface area (Å²) in [5, 5.41) is 13.3. The van der Waals surface area contributed by atoms with E-state index in [4.69, 9.17) is 35.7 Å². The third-order valence-electron chi connectivity index (χ3n) is 5.78. The molecular weight excluding hydrogens is 503 g/mol. The Morgan fingerprint density at radius 1 is 1.03 bits per heavy atom. The minimum Gasteiger partial charge on any atom is -0.497 e. The predicted octanol–water partition coefficient (Wildman–Crippen LogP) is 5.39. The van der Waals surface area contributed by atoms with Gasteiger partial charge in [0.15, 0.2) is 5.78 Å². The number of halogens is 2. The molecule has 0 spiro atoms. The van der Waals surface area contributed by atoms with Crippen molar-refractivity contribution in [2.45, 2.75) is 6.04 Å². The number of ketones is 1. The summed E-state index contributed by atoms with van der Waals surface area (Å²) in [7, 11) is 4.42. The van der Waals surface area contributed by atoms with E-state index in [0.29, 0.717) is 50.0 Å². The zero-order valence-corrected chi connectivity index (χ0v) is 21.2. The van der Waals surface area contributed by atoms with E-state index < -0.39 is 11.9 Å². The first-order valence-corrected chi connectivity index (χ1v) is 11.7. The van der Waals surface area contributed by atoms with Crippen molar-refractivity contribution in [1.29, 1.82) is 0 Å². The van der Waals surface area contributed by atoms with Gasteiger partial charge in [-0.05, 0) is 18.2 Å². The summed E-state index contributed by atoms with van der Waals surface area (Å²) in [4.78, 5) is 17.1. The Labute approximate surface area is 217 Å². The molecule has 4 aromatic rings. The number of methoxy groups -OCH3 is 3. The number of H-pyrrole nitrogens is 1. The summed E-state index contributed by atoms with van der Waals surface area (Å²) in [6, 6.07) is 11.4. The summed E-state index contributed by atoms with van der Waals surface area (Å²) >= 11 is 6.35. The van der Waals surface area contributed by atoms with Gasteiger partial charge in [-0.2, -0.15) is 0 Å². The average Bonchev–Trinajstić information content (AvgIpc) is 3.32. The second-order valence-corrected chi connectivity index (χ2v) is 8.44. The van der Waals surface area contributed by atoms with Gasteiger partial charge in [-0.15, -0.1) is 0 Å². The summed E-state index contributed by atoms with van der Waals surface area (Å²) in [6.07, 6.45) is 1.59. The number of aromatic nitrogens is 1. The Bertz CT molecular complexity index is 1420. The molecule has 1 aromatic heterocycles. The van der Waals surface area contributed by atoms with E-state index in [2.05, 4.69) is 10.3 Å². The molecule has 0 bridgehead atoms. The van der Waals surface area contributed by atoms with Crippen LogP contribution in [-0.4, -0.2) is 50.4 Å². The minimum atomic E-state index is -0.992. The highest BCUT2D eigenvalue weighted by atomic mass is 35.5. The number of carbonyl (C=O) groups excluding carboxylic acids is 1. The van der Waals surface area contributed by atoms with E-state index >= 15 is 0 Å². The smallest absolute Gasteiger partial charge is 0.191 e. The van der Waals surface area contributed by atoms with Crippen molar-refractivity contribution in [3.63, 3.8) is 0 Å². The van der Waals surface area contributed by atoms with E-state index in [9.17, 15) is 9.18 Å². The third-order valence-corrected chi connectivity index (χ3v) is 6.07. The van der Waals surface area contributed by atoms with E-state index in [-0.39, 0.29) is 24.7 Å². The monoisotopic (exact) mass is 528 g/mol. The fourth-order valence-corrected chi connectivity index (χ4v) is 4.27. The normalized spacial score (nSPS) is 11.7. The Hall–Kier alpha value is -3.95. The van der Waals surface area contributed by atoms with Crippen LogP contribution < -0.4 is 24.3 Å². The molecule has 0 saturated carbocycles. The lowest BCUT2D eigenvalue weighted by atomic mass is 9.95. The summed E-state index contributed by atoms with van der Waals surface area (Å²) in [6.45, 7) is -0.0813. The van der Waals surface area contributed by atoms with Gasteiger partial charge < -0.3 is 34.4 Å². The molecule has 0 aliphatic heterocycles. The maximum atomic E-state index is 14.1. The average molecular weight is 529 g/mol. The van der Waals surface area contributed by atoms with Gasteiger partial charge in [0.1, 0.15) is 41.5 Å². The molecule has 0 saturated heterocycles. The highest BCUT2D eigenvalue weighted by Gasteiger charge is 2.28. The van der Waals surface area contributed by atoms with E-state index in [0.717, 1.165) is 0 Å². The standard InChI is InChI=1S/C27H26ClFN2O6/c1-34-17-9-16(10-18(11-17)37-7-6-32)31-26(19-5-4-15(29)8-24(19)35-2)27(33)21-14-30-23-13-25(36-3)22(28)12-20(21)23/h4-5,8-14,26,30-32H,6-7H2,1-3H3. The number of anilines is 1. The Morgan fingerprint density at radius 2 is 1.78 bits per heavy atom. The fourth-order valence-electron chi connectivity index (χ4n) is 4.03. The predicted molar refractivity (Wildman–Crippen MR) is 139 cm³/mol. The van der Waals surface area contributed by atoms with Gasteiger partial charge >= 0.3 is 0 Å². The van der Waals surface area contributed by atoms with Crippen LogP contribution in [0.4, 0.5) is 10.1 Å². The van der Waals surface area contributed by atoms with Crippen LogP contribution in [0.2, 0.25) is 5.02 Å². The largest absolute Gasteiger partial charge is 0.497 e. The number of hydrogen-bond donors (Lipinski definition) is 3. The number of aliphatic hydroxyl groups excluding tert-OH is 1. The topological polar surface area (TPSA) is 102 Å². The zero-order chi connectivity index (χ0) is 26.5. The third kappa shape index (κ3) is 5.58. The minimum absolute atomic E-state index is 0.0836. The number of aliphatic hydroxyl groups is 1. The van der Waals surface area contributed by atoms with Gasteiger partial charge in [0.05, 0.1) is 33.0 Å². The van der Waals surface area contributed by atoms with Crippen LogP contribution in [0.3, 0.4) is 0 Å². The number of fused-ring (bicyclic) bond motifs is 1. The van der Waals surface area contributed by atoms with Gasteiger partial charge in [0.2, 0.25) is 0 Å². The van der Waals surface area contributed by atoms with Crippen molar-refractivity contribution < 1.29 is 33.2 Å². The van der Waals surface area contributed by atoms with Crippen LogP contribution in [0, 0.1) is 5.82 Å². The van der Waals surface area contributed by atoms with Gasteiger partial charge in [-0.1, -0.05) is 11.6 Å². The first-order valence-electron chi connectivity index (χ1n) is 11.3. The first-order chi connectivity index (χ1) is 17.9. The van der Waals surface area contributed by atoms with Crippen LogP contribution in [0.5, 0.6) is 23.0 Å². The number of aromatic amines is 1. The van der Waals surface area contributed by atoms with Gasteiger partial charge in [0, 0.05) is 64.2 Å². The van der Waals surface area contributed by atoms with Gasteiger partial charge in [-0.25, -0.2) is 4.39 Å². The molecule has 1 unspecified atom stereocenters. The lowest BCUT2D eigenvalue weighted by Gasteiger charge is -2.22.